The molecule has 0 amide bonds. The highest BCUT2D eigenvalue weighted by Crippen LogP contribution is 2.10. The molecule has 0 atom stereocenters. The Morgan fingerprint density at radius 1 is 1.17 bits per heavy atom. The van der Waals surface area contributed by atoms with E-state index in [0.29, 0.717) is 31.5 Å². The molecule has 1 heterocycles. The summed E-state index contributed by atoms with van der Waals surface area (Å²) in [6.45, 7) is 7.59. The average Bonchev–Trinajstić information content (AvgIpc) is 2.87. The van der Waals surface area contributed by atoms with Crippen molar-refractivity contribution < 1.29 is 9.15 Å². The van der Waals surface area contributed by atoms with Crippen LogP contribution in [0, 0.1) is 20.8 Å². The zero-order valence-electron chi connectivity index (χ0n) is 14.1. The van der Waals surface area contributed by atoms with Crippen LogP contribution in [0.15, 0.2) is 33.7 Å². The normalized spacial score (nSPS) is 11.4. The Morgan fingerprint density at radius 3 is 2.52 bits per heavy atom. The van der Waals surface area contributed by atoms with Gasteiger partial charge in [0.15, 0.2) is 5.96 Å². The summed E-state index contributed by atoms with van der Waals surface area (Å²) in [5.74, 6) is 3.05. The number of oxazole rings is 1. The molecular weight excluding hydrogens is 292 g/mol. The van der Waals surface area contributed by atoms with E-state index < -0.39 is 0 Å². The summed E-state index contributed by atoms with van der Waals surface area (Å²) < 4.78 is 11.2. The molecule has 2 rings (SSSR count). The third-order valence-corrected chi connectivity index (χ3v) is 3.39. The minimum absolute atomic E-state index is 0.493. The third kappa shape index (κ3) is 5.32. The molecular formula is C17H24N4O2. The maximum absolute atomic E-state index is 5.66. The first kappa shape index (κ1) is 16.9. The molecule has 0 aliphatic carbocycles. The van der Waals surface area contributed by atoms with Gasteiger partial charge in [0.1, 0.15) is 18.1 Å². The number of rotatable bonds is 6. The SMILES string of the molecule is CN=C(NCCOc1ccc(C)cc1)NCc1nc(C)c(C)o1. The summed E-state index contributed by atoms with van der Waals surface area (Å²) in [6.07, 6.45) is 0. The lowest BCUT2D eigenvalue weighted by Gasteiger charge is -2.11. The zero-order valence-corrected chi connectivity index (χ0v) is 14.1. The lowest BCUT2D eigenvalue weighted by atomic mass is 10.2. The minimum atomic E-state index is 0.493. The van der Waals surface area contributed by atoms with Crippen LogP contribution in [-0.2, 0) is 6.54 Å². The molecule has 2 N–H and O–H groups in total. The first-order valence-electron chi connectivity index (χ1n) is 7.65. The van der Waals surface area contributed by atoms with E-state index in [1.165, 1.54) is 5.56 Å². The van der Waals surface area contributed by atoms with Crippen LogP contribution in [0.25, 0.3) is 0 Å². The lowest BCUT2D eigenvalue weighted by molar-refractivity contribution is 0.321. The Labute approximate surface area is 137 Å². The number of guanidine groups is 1. The summed E-state index contributed by atoms with van der Waals surface area (Å²) in [4.78, 5) is 8.48. The largest absolute Gasteiger partial charge is 0.492 e. The van der Waals surface area contributed by atoms with Crippen LogP contribution < -0.4 is 15.4 Å². The molecule has 23 heavy (non-hydrogen) atoms. The maximum atomic E-state index is 5.66. The molecule has 0 saturated carbocycles. The summed E-state index contributed by atoms with van der Waals surface area (Å²) >= 11 is 0. The molecule has 0 unspecified atom stereocenters. The van der Waals surface area contributed by atoms with Gasteiger partial charge >= 0.3 is 0 Å². The Bertz CT molecular complexity index is 628. The summed E-state index contributed by atoms with van der Waals surface area (Å²) in [5, 5.41) is 6.35. The molecule has 124 valence electrons. The number of aryl methyl sites for hydroxylation is 3. The van der Waals surface area contributed by atoms with Gasteiger partial charge in [-0.15, -0.1) is 0 Å². The molecule has 0 aliphatic rings. The molecule has 0 spiro atoms. The molecule has 2 aromatic rings. The van der Waals surface area contributed by atoms with Gasteiger partial charge in [-0.05, 0) is 32.9 Å². The number of hydrogen-bond acceptors (Lipinski definition) is 4. The van der Waals surface area contributed by atoms with Crippen LogP contribution in [0.5, 0.6) is 5.75 Å². The van der Waals surface area contributed by atoms with Crippen LogP contribution >= 0.6 is 0 Å². The summed E-state index contributed by atoms with van der Waals surface area (Å²) in [7, 11) is 1.72. The zero-order chi connectivity index (χ0) is 16.7. The van der Waals surface area contributed by atoms with Crippen molar-refractivity contribution in [1.82, 2.24) is 15.6 Å². The molecule has 1 aromatic carbocycles. The maximum Gasteiger partial charge on any atom is 0.214 e. The van der Waals surface area contributed by atoms with Crippen molar-refractivity contribution in [3.05, 3.63) is 47.2 Å². The minimum Gasteiger partial charge on any atom is -0.492 e. The van der Waals surface area contributed by atoms with Crippen molar-refractivity contribution in [2.24, 2.45) is 4.99 Å². The molecule has 6 nitrogen and oxygen atoms in total. The van der Waals surface area contributed by atoms with Gasteiger partial charge in [0.2, 0.25) is 5.89 Å². The first-order chi connectivity index (χ1) is 11.1. The molecule has 0 saturated heterocycles. The fraction of sp³-hybridized carbons (Fsp3) is 0.412. The van der Waals surface area contributed by atoms with Crippen LogP contribution in [-0.4, -0.2) is 31.1 Å². The van der Waals surface area contributed by atoms with Crippen molar-refractivity contribution in [1.29, 1.82) is 0 Å². The highest BCUT2D eigenvalue weighted by molar-refractivity contribution is 5.79. The second-order valence-electron chi connectivity index (χ2n) is 5.26. The van der Waals surface area contributed by atoms with E-state index >= 15 is 0 Å². The van der Waals surface area contributed by atoms with E-state index in [9.17, 15) is 0 Å². The number of benzene rings is 1. The van der Waals surface area contributed by atoms with Gasteiger partial charge in [-0.25, -0.2) is 4.98 Å². The van der Waals surface area contributed by atoms with Crippen molar-refractivity contribution in [2.75, 3.05) is 20.2 Å². The van der Waals surface area contributed by atoms with Crippen molar-refractivity contribution in [3.63, 3.8) is 0 Å². The summed E-state index contributed by atoms with van der Waals surface area (Å²) in [6, 6.07) is 8.00. The topological polar surface area (TPSA) is 71.7 Å². The Hall–Kier alpha value is -2.50. The number of hydrogen-bond donors (Lipinski definition) is 2. The van der Waals surface area contributed by atoms with Gasteiger partial charge in [0.05, 0.1) is 18.8 Å². The smallest absolute Gasteiger partial charge is 0.214 e. The van der Waals surface area contributed by atoms with Crippen molar-refractivity contribution in [2.45, 2.75) is 27.3 Å². The standard InChI is InChI=1S/C17H24N4O2/c1-12-5-7-15(8-6-12)22-10-9-19-17(18-4)20-11-16-21-13(2)14(3)23-16/h5-8H,9-11H2,1-4H3,(H2,18,19,20). The van der Waals surface area contributed by atoms with Gasteiger partial charge in [0, 0.05) is 7.05 Å². The monoisotopic (exact) mass is 316 g/mol. The number of nitrogens with zero attached hydrogens (tertiary/aromatic N) is 2. The molecule has 1 aromatic heterocycles. The fourth-order valence-corrected chi connectivity index (χ4v) is 1.97. The van der Waals surface area contributed by atoms with E-state index in [1.54, 1.807) is 7.05 Å². The molecule has 6 heteroatoms. The third-order valence-electron chi connectivity index (χ3n) is 3.39. The predicted molar refractivity (Wildman–Crippen MR) is 90.9 cm³/mol. The predicted octanol–water partition coefficient (Wildman–Crippen LogP) is 2.34. The van der Waals surface area contributed by atoms with Gasteiger partial charge in [-0.3, -0.25) is 4.99 Å². The molecule has 0 bridgehead atoms. The lowest BCUT2D eigenvalue weighted by Crippen LogP contribution is -2.38. The van der Waals surface area contributed by atoms with Crippen LogP contribution in [0.3, 0.4) is 0 Å². The van der Waals surface area contributed by atoms with E-state index in [4.69, 9.17) is 9.15 Å². The second-order valence-corrected chi connectivity index (χ2v) is 5.26. The molecule has 0 fully saturated rings. The highest BCUT2D eigenvalue weighted by Gasteiger charge is 2.06. The van der Waals surface area contributed by atoms with E-state index in [1.807, 2.05) is 38.1 Å². The quantitative estimate of drug-likeness (QED) is 0.486. The summed E-state index contributed by atoms with van der Waals surface area (Å²) in [5.41, 5.74) is 2.13. The van der Waals surface area contributed by atoms with E-state index in [-0.39, 0.29) is 0 Å². The van der Waals surface area contributed by atoms with Gasteiger partial charge in [0.25, 0.3) is 0 Å². The van der Waals surface area contributed by atoms with Gasteiger partial charge in [-0.1, -0.05) is 17.7 Å². The number of aliphatic imine (C=N–C) groups is 1. The number of ether oxygens (including phenoxy) is 1. The number of nitrogens with one attached hydrogen (secondary N) is 2. The Morgan fingerprint density at radius 2 is 1.91 bits per heavy atom. The second kappa shape index (κ2) is 8.22. The highest BCUT2D eigenvalue weighted by atomic mass is 16.5. The first-order valence-corrected chi connectivity index (χ1v) is 7.65. The number of aromatic nitrogens is 1. The van der Waals surface area contributed by atoms with Crippen LogP contribution in [0.4, 0.5) is 0 Å². The Kier molecular flexibility index (Phi) is 6.02. The van der Waals surface area contributed by atoms with Gasteiger partial charge < -0.3 is 19.8 Å². The van der Waals surface area contributed by atoms with Gasteiger partial charge in [-0.2, -0.15) is 0 Å². The fourth-order valence-electron chi connectivity index (χ4n) is 1.97. The van der Waals surface area contributed by atoms with Crippen LogP contribution in [0.1, 0.15) is 22.9 Å². The average molecular weight is 316 g/mol. The van der Waals surface area contributed by atoms with E-state index in [0.717, 1.165) is 17.2 Å². The van der Waals surface area contributed by atoms with Crippen molar-refractivity contribution >= 4 is 5.96 Å². The molecule has 0 radical (unpaired) electrons. The Balaban J connectivity index is 1.69. The van der Waals surface area contributed by atoms with Crippen molar-refractivity contribution in [3.8, 4) is 5.75 Å². The molecule has 0 aliphatic heterocycles. The van der Waals surface area contributed by atoms with Crippen LogP contribution in [0.2, 0.25) is 0 Å². The van der Waals surface area contributed by atoms with E-state index in [2.05, 4.69) is 27.5 Å².